The van der Waals surface area contributed by atoms with Crippen molar-refractivity contribution in [3.63, 3.8) is 0 Å². The van der Waals surface area contributed by atoms with Gasteiger partial charge < -0.3 is 9.80 Å². The Hall–Kier alpha value is -2.15. The summed E-state index contributed by atoms with van der Waals surface area (Å²) in [6.45, 7) is 1.72. The molecule has 2 fully saturated rings. The first kappa shape index (κ1) is 15.7. The van der Waals surface area contributed by atoms with E-state index in [-0.39, 0.29) is 28.1 Å². The second-order valence-corrected chi connectivity index (χ2v) is 6.25. The average Bonchev–Trinajstić information content (AvgIpc) is 3.38. The first-order chi connectivity index (χ1) is 11.0. The minimum atomic E-state index is -0.605. The predicted molar refractivity (Wildman–Crippen MR) is 83.3 cm³/mol. The maximum absolute atomic E-state index is 12.5. The maximum Gasteiger partial charge on any atom is 0.283 e. The summed E-state index contributed by atoms with van der Waals surface area (Å²) in [6.07, 6.45) is 1.91. The molecule has 0 unspecified atom stereocenters. The number of halogens is 1. The summed E-state index contributed by atoms with van der Waals surface area (Å²) in [5.74, 6) is -0.0731. The van der Waals surface area contributed by atoms with Crippen molar-refractivity contribution in [2.45, 2.75) is 12.8 Å². The number of carbonyl (C=O) groups excluding carboxylic acids is 2. The molecule has 23 heavy (non-hydrogen) atoms. The van der Waals surface area contributed by atoms with Crippen LogP contribution in [0.3, 0.4) is 0 Å². The van der Waals surface area contributed by atoms with Gasteiger partial charge in [-0.2, -0.15) is 0 Å². The summed E-state index contributed by atoms with van der Waals surface area (Å²) >= 11 is 5.77. The first-order valence-electron chi connectivity index (χ1n) is 7.49. The van der Waals surface area contributed by atoms with Crippen molar-refractivity contribution in [3.8, 4) is 0 Å². The summed E-state index contributed by atoms with van der Waals surface area (Å²) in [4.78, 5) is 38.4. The van der Waals surface area contributed by atoms with Crippen LogP contribution in [0.25, 0.3) is 0 Å². The number of carbonyl (C=O) groups is 2. The Kier molecular flexibility index (Phi) is 4.21. The number of nitro groups is 1. The lowest BCUT2D eigenvalue weighted by Gasteiger charge is -2.34. The number of piperazine rings is 1. The molecule has 0 bridgehead atoms. The van der Waals surface area contributed by atoms with Crippen molar-refractivity contribution in [2.75, 3.05) is 26.2 Å². The Balaban J connectivity index is 1.70. The Morgan fingerprint density at radius 2 is 1.74 bits per heavy atom. The fourth-order valence-electron chi connectivity index (χ4n) is 2.73. The Morgan fingerprint density at radius 1 is 1.13 bits per heavy atom. The highest BCUT2D eigenvalue weighted by molar-refractivity contribution is 6.31. The molecular formula is C15H16ClN3O4. The lowest BCUT2D eigenvalue weighted by molar-refractivity contribution is -0.385. The van der Waals surface area contributed by atoms with E-state index in [0.717, 1.165) is 12.8 Å². The van der Waals surface area contributed by atoms with E-state index in [1.54, 1.807) is 9.80 Å². The lowest BCUT2D eigenvalue weighted by Crippen LogP contribution is -2.51. The standard InChI is InChI=1S/C15H16ClN3O4/c16-11-3-4-12(13(9-11)19(22)23)15(21)18-7-5-17(6-8-18)14(20)10-1-2-10/h3-4,9-10H,1-2,5-8H2. The van der Waals surface area contributed by atoms with Crippen molar-refractivity contribution in [1.29, 1.82) is 0 Å². The van der Waals surface area contributed by atoms with Crippen LogP contribution in [0.4, 0.5) is 5.69 Å². The molecule has 7 nitrogen and oxygen atoms in total. The van der Waals surface area contributed by atoms with Gasteiger partial charge in [0.1, 0.15) is 5.56 Å². The molecule has 0 atom stereocenters. The summed E-state index contributed by atoms with van der Waals surface area (Å²) in [5, 5.41) is 11.3. The van der Waals surface area contributed by atoms with E-state index in [9.17, 15) is 19.7 Å². The van der Waals surface area contributed by atoms with Gasteiger partial charge in [0.2, 0.25) is 5.91 Å². The van der Waals surface area contributed by atoms with Crippen LogP contribution in [0.2, 0.25) is 5.02 Å². The number of nitrogens with zero attached hydrogens (tertiary/aromatic N) is 3. The van der Waals surface area contributed by atoms with Crippen LogP contribution in [-0.2, 0) is 4.79 Å². The first-order valence-corrected chi connectivity index (χ1v) is 7.87. The molecule has 2 aliphatic rings. The van der Waals surface area contributed by atoms with Gasteiger partial charge in [-0.05, 0) is 25.0 Å². The Morgan fingerprint density at radius 3 is 2.30 bits per heavy atom. The second-order valence-electron chi connectivity index (χ2n) is 5.81. The summed E-state index contributed by atoms with van der Waals surface area (Å²) in [6, 6.07) is 4.03. The largest absolute Gasteiger partial charge is 0.339 e. The number of nitro benzene ring substituents is 1. The Labute approximate surface area is 138 Å². The highest BCUT2D eigenvalue weighted by atomic mass is 35.5. The van der Waals surface area contributed by atoms with Gasteiger partial charge in [-0.3, -0.25) is 19.7 Å². The molecule has 1 saturated carbocycles. The normalized spacial score (nSPS) is 18.0. The lowest BCUT2D eigenvalue weighted by atomic mass is 10.1. The summed E-state index contributed by atoms with van der Waals surface area (Å²) in [7, 11) is 0. The van der Waals surface area contributed by atoms with Gasteiger partial charge in [0.05, 0.1) is 4.92 Å². The van der Waals surface area contributed by atoms with Crippen molar-refractivity contribution in [3.05, 3.63) is 38.9 Å². The molecule has 3 rings (SSSR count). The van der Waals surface area contributed by atoms with Gasteiger partial charge in [-0.15, -0.1) is 0 Å². The number of benzene rings is 1. The summed E-state index contributed by atoms with van der Waals surface area (Å²) < 4.78 is 0. The van der Waals surface area contributed by atoms with E-state index in [4.69, 9.17) is 11.6 Å². The van der Waals surface area contributed by atoms with E-state index in [1.165, 1.54) is 18.2 Å². The van der Waals surface area contributed by atoms with Crippen LogP contribution in [0.5, 0.6) is 0 Å². The molecule has 0 aromatic heterocycles. The zero-order valence-corrected chi connectivity index (χ0v) is 13.2. The molecule has 1 aromatic rings. The molecular weight excluding hydrogens is 322 g/mol. The Bertz CT molecular complexity index is 667. The van der Waals surface area contributed by atoms with E-state index >= 15 is 0 Å². The highest BCUT2D eigenvalue weighted by Gasteiger charge is 2.35. The molecule has 1 aromatic carbocycles. The molecule has 2 amide bonds. The number of hydrogen-bond donors (Lipinski definition) is 0. The molecule has 122 valence electrons. The minimum Gasteiger partial charge on any atom is -0.339 e. The second kappa shape index (κ2) is 6.16. The van der Waals surface area contributed by atoms with Gasteiger partial charge in [0.25, 0.3) is 11.6 Å². The van der Waals surface area contributed by atoms with Gasteiger partial charge in [0.15, 0.2) is 0 Å². The monoisotopic (exact) mass is 337 g/mol. The number of rotatable bonds is 3. The van der Waals surface area contributed by atoms with Crippen LogP contribution in [-0.4, -0.2) is 52.7 Å². The van der Waals surface area contributed by atoms with Crippen LogP contribution >= 0.6 is 11.6 Å². The van der Waals surface area contributed by atoms with Crippen molar-refractivity contribution in [1.82, 2.24) is 9.80 Å². The quantitative estimate of drug-likeness (QED) is 0.623. The third-order valence-electron chi connectivity index (χ3n) is 4.19. The van der Waals surface area contributed by atoms with Gasteiger partial charge in [-0.1, -0.05) is 11.6 Å². The fourth-order valence-corrected chi connectivity index (χ4v) is 2.89. The van der Waals surface area contributed by atoms with Crippen LogP contribution in [0.1, 0.15) is 23.2 Å². The molecule has 0 N–H and O–H groups in total. The molecule has 1 heterocycles. The van der Waals surface area contributed by atoms with Gasteiger partial charge in [0, 0.05) is 43.2 Å². The van der Waals surface area contributed by atoms with E-state index in [2.05, 4.69) is 0 Å². The van der Waals surface area contributed by atoms with Crippen molar-refractivity contribution >= 4 is 29.1 Å². The zero-order chi connectivity index (χ0) is 16.6. The van der Waals surface area contributed by atoms with Gasteiger partial charge >= 0.3 is 0 Å². The minimum absolute atomic E-state index is 0.0290. The molecule has 0 spiro atoms. The SMILES string of the molecule is O=C(c1ccc(Cl)cc1[N+](=O)[O-])N1CCN(C(=O)C2CC2)CC1. The molecule has 1 saturated heterocycles. The number of amides is 2. The van der Waals surface area contributed by atoms with Crippen LogP contribution in [0, 0.1) is 16.0 Å². The van der Waals surface area contributed by atoms with Crippen LogP contribution < -0.4 is 0 Å². The maximum atomic E-state index is 12.5. The van der Waals surface area contributed by atoms with E-state index in [1.807, 2.05) is 0 Å². The predicted octanol–water partition coefficient (Wildman–Crippen LogP) is 1.94. The molecule has 1 aliphatic heterocycles. The number of hydrogen-bond acceptors (Lipinski definition) is 4. The van der Waals surface area contributed by atoms with Crippen molar-refractivity contribution < 1.29 is 14.5 Å². The molecule has 8 heteroatoms. The van der Waals surface area contributed by atoms with E-state index < -0.39 is 10.8 Å². The van der Waals surface area contributed by atoms with Crippen molar-refractivity contribution in [2.24, 2.45) is 5.92 Å². The smallest absolute Gasteiger partial charge is 0.283 e. The van der Waals surface area contributed by atoms with Crippen LogP contribution in [0.15, 0.2) is 18.2 Å². The molecule has 1 aliphatic carbocycles. The average molecular weight is 338 g/mol. The van der Waals surface area contributed by atoms with E-state index in [0.29, 0.717) is 26.2 Å². The summed E-state index contributed by atoms with van der Waals surface area (Å²) in [5.41, 5.74) is -0.264. The zero-order valence-electron chi connectivity index (χ0n) is 12.4. The topological polar surface area (TPSA) is 83.8 Å². The third kappa shape index (κ3) is 3.29. The fraction of sp³-hybridized carbons (Fsp3) is 0.467. The third-order valence-corrected chi connectivity index (χ3v) is 4.43. The van der Waals surface area contributed by atoms with Gasteiger partial charge in [-0.25, -0.2) is 0 Å². The highest BCUT2D eigenvalue weighted by Crippen LogP contribution is 2.31. The molecule has 0 radical (unpaired) electrons.